The molecule has 2 saturated carbocycles. The molecule has 0 N–H and O–H groups in total. The standard InChI is InChI=1S/C26H31N2P.C5H10.Fe/c1-28(21-19-23-14-10-11-20-27-23)26(22-12-8-9-13-22)29(24-15-4-2-5-16-24)25-17-6-3-7-18-25;1-2-4-5-3-1;/h2-7,10-11,14-18,20,22,26H,8-9,12-13,19,21H2,1H3;1-5H2;. The third kappa shape index (κ3) is 8.54. The van der Waals surface area contributed by atoms with E-state index in [-0.39, 0.29) is 17.1 Å². The summed E-state index contributed by atoms with van der Waals surface area (Å²) in [5, 5.41) is 2.99. The summed E-state index contributed by atoms with van der Waals surface area (Å²) in [5.41, 5.74) is 1.19. The third-order valence-electron chi connectivity index (χ3n) is 7.30. The second-order valence-electron chi connectivity index (χ2n) is 9.82. The Morgan fingerprint density at radius 1 is 0.743 bits per heavy atom. The summed E-state index contributed by atoms with van der Waals surface area (Å²) in [6.07, 6.45) is 15.9. The molecule has 0 spiro atoms. The normalized spacial score (nSPS) is 16.5. The molecular weight excluding hydrogens is 487 g/mol. The zero-order chi connectivity index (χ0) is 23.4. The van der Waals surface area contributed by atoms with Crippen LogP contribution in [0.3, 0.4) is 0 Å². The Hall–Kier alpha value is -1.50. The predicted molar refractivity (Wildman–Crippen MR) is 148 cm³/mol. The van der Waals surface area contributed by atoms with Crippen molar-refractivity contribution in [3.05, 3.63) is 90.8 Å². The molecule has 5 rings (SSSR count). The van der Waals surface area contributed by atoms with Crippen LogP contribution >= 0.6 is 7.92 Å². The maximum atomic E-state index is 4.55. The number of hydrogen-bond acceptors (Lipinski definition) is 2. The zero-order valence-corrected chi connectivity index (χ0v) is 23.2. The largest absolute Gasteiger partial charge is 0.298 e. The zero-order valence-electron chi connectivity index (χ0n) is 21.2. The van der Waals surface area contributed by atoms with E-state index in [0.717, 1.165) is 18.9 Å². The Kier molecular flexibility index (Phi) is 12.5. The van der Waals surface area contributed by atoms with E-state index in [9.17, 15) is 0 Å². The van der Waals surface area contributed by atoms with Gasteiger partial charge in [-0.25, -0.2) is 0 Å². The fraction of sp³-hybridized carbons (Fsp3) is 0.452. The molecular formula is C31H41FeN2P. The van der Waals surface area contributed by atoms with Crippen molar-refractivity contribution in [2.24, 2.45) is 5.92 Å². The number of hydrogen-bond donors (Lipinski definition) is 0. The van der Waals surface area contributed by atoms with Crippen molar-refractivity contribution in [1.29, 1.82) is 0 Å². The van der Waals surface area contributed by atoms with Crippen LogP contribution in [-0.4, -0.2) is 29.3 Å². The van der Waals surface area contributed by atoms with Crippen molar-refractivity contribution in [3.8, 4) is 0 Å². The van der Waals surface area contributed by atoms with Gasteiger partial charge in [-0.2, -0.15) is 0 Å². The molecule has 35 heavy (non-hydrogen) atoms. The van der Waals surface area contributed by atoms with Gasteiger partial charge in [-0.05, 0) is 56.5 Å². The van der Waals surface area contributed by atoms with Gasteiger partial charge in [0.1, 0.15) is 0 Å². The molecule has 1 aromatic heterocycles. The molecule has 1 unspecified atom stereocenters. The molecule has 0 aliphatic heterocycles. The van der Waals surface area contributed by atoms with Crippen molar-refractivity contribution >= 4 is 18.5 Å². The van der Waals surface area contributed by atoms with Gasteiger partial charge in [-0.3, -0.25) is 9.88 Å². The molecule has 0 bridgehead atoms. The topological polar surface area (TPSA) is 16.1 Å². The van der Waals surface area contributed by atoms with Crippen molar-refractivity contribution < 1.29 is 17.1 Å². The van der Waals surface area contributed by atoms with Gasteiger partial charge in [0.2, 0.25) is 0 Å². The number of nitrogens with zero attached hydrogens (tertiary/aromatic N) is 2. The van der Waals surface area contributed by atoms with Crippen LogP contribution in [0.2, 0.25) is 0 Å². The summed E-state index contributed by atoms with van der Waals surface area (Å²) in [6, 6.07) is 28.7. The van der Waals surface area contributed by atoms with Gasteiger partial charge in [-0.15, -0.1) is 0 Å². The van der Waals surface area contributed by atoms with Crippen LogP contribution in [0.4, 0.5) is 0 Å². The van der Waals surface area contributed by atoms with Crippen molar-refractivity contribution in [2.75, 3.05) is 13.6 Å². The SMILES string of the molecule is C1CCCC1.CN(CCc1ccccn1)C(C1CCCC1)P(c1ccccc1)c1ccccc1.[Fe]. The van der Waals surface area contributed by atoms with E-state index in [2.05, 4.69) is 89.7 Å². The number of rotatable bonds is 8. The average Bonchev–Trinajstić information content (AvgIpc) is 3.65. The molecule has 2 aromatic carbocycles. The smallest absolute Gasteiger partial charge is 0.0416 e. The summed E-state index contributed by atoms with van der Waals surface area (Å²) in [6.45, 7) is 1.05. The number of benzene rings is 2. The Bertz CT molecular complexity index is 881. The van der Waals surface area contributed by atoms with E-state index in [4.69, 9.17) is 0 Å². The molecule has 1 heterocycles. The van der Waals surface area contributed by atoms with Crippen LogP contribution in [0.25, 0.3) is 0 Å². The van der Waals surface area contributed by atoms with Crippen molar-refractivity contribution in [1.82, 2.24) is 9.88 Å². The molecule has 1 atom stereocenters. The number of pyridine rings is 1. The maximum absolute atomic E-state index is 4.55. The summed E-state index contributed by atoms with van der Waals surface area (Å²) in [7, 11) is 1.90. The van der Waals surface area contributed by atoms with Gasteiger partial charge >= 0.3 is 0 Å². The van der Waals surface area contributed by atoms with Crippen molar-refractivity contribution in [3.63, 3.8) is 0 Å². The van der Waals surface area contributed by atoms with E-state index < -0.39 is 7.92 Å². The van der Waals surface area contributed by atoms with Gasteiger partial charge in [0.05, 0.1) is 0 Å². The Labute approximate surface area is 225 Å². The second-order valence-corrected chi connectivity index (χ2v) is 12.1. The molecule has 0 radical (unpaired) electrons. The van der Waals surface area contributed by atoms with E-state index in [1.807, 2.05) is 12.3 Å². The van der Waals surface area contributed by atoms with Crippen LogP contribution < -0.4 is 10.6 Å². The molecule has 188 valence electrons. The number of aromatic nitrogens is 1. The minimum atomic E-state index is -0.440. The molecule has 3 aromatic rings. The minimum Gasteiger partial charge on any atom is -0.298 e. The Morgan fingerprint density at radius 2 is 1.26 bits per heavy atom. The number of likely N-dealkylation sites (N-methyl/N-ethyl adjacent to an activating group) is 1. The molecule has 0 amide bonds. The minimum absolute atomic E-state index is 0. The fourth-order valence-corrected chi connectivity index (χ4v) is 8.63. The van der Waals surface area contributed by atoms with Gasteiger partial charge in [0.25, 0.3) is 0 Å². The van der Waals surface area contributed by atoms with Crippen LogP contribution in [0, 0.1) is 5.92 Å². The van der Waals surface area contributed by atoms with E-state index in [1.54, 1.807) is 0 Å². The molecule has 4 heteroatoms. The van der Waals surface area contributed by atoms with E-state index in [0.29, 0.717) is 5.78 Å². The summed E-state index contributed by atoms with van der Waals surface area (Å²) < 4.78 is 0. The van der Waals surface area contributed by atoms with Gasteiger partial charge < -0.3 is 0 Å². The molecule has 2 nitrogen and oxygen atoms in total. The van der Waals surface area contributed by atoms with Crippen LogP contribution in [0.5, 0.6) is 0 Å². The Morgan fingerprint density at radius 3 is 1.74 bits per heavy atom. The second kappa shape index (κ2) is 15.6. The average molecular weight is 529 g/mol. The first-order valence-electron chi connectivity index (χ1n) is 13.3. The molecule has 2 fully saturated rings. The summed E-state index contributed by atoms with van der Waals surface area (Å²) in [4.78, 5) is 7.20. The van der Waals surface area contributed by atoms with Crippen LogP contribution in [-0.2, 0) is 23.5 Å². The third-order valence-corrected chi connectivity index (χ3v) is 10.4. The monoisotopic (exact) mass is 528 g/mol. The summed E-state index contributed by atoms with van der Waals surface area (Å²) in [5.74, 6) is 1.34. The van der Waals surface area contributed by atoms with E-state index >= 15 is 0 Å². The van der Waals surface area contributed by atoms with Crippen LogP contribution in [0.15, 0.2) is 85.1 Å². The van der Waals surface area contributed by atoms with Gasteiger partial charge in [-0.1, -0.05) is 112 Å². The molecule has 2 aliphatic carbocycles. The van der Waals surface area contributed by atoms with E-state index in [1.165, 1.54) is 74.1 Å². The Balaban J connectivity index is 0.000000509. The fourth-order valence-electron chi connectivity index (χ4n) is 5.51. The van der Waals surface area contributed by atoms with Gasteiger partial charge in [0, 0.05) is 47.7 Å². The summed E-state index contributed by atoms with van der Waals surface area (Å²) >= 11 is 0. The van der Waals surface area contributed by atoms with Crippen LogP contribution in [0.1, 0.15) is 63.5 Å². The predicted octanol–water partition coefficient (Wildman–Crippen LogP) is 7.15. The van der Waals surface area contributed by atoms with Crippen molar-refractivity contribution in [2.45, 2.75) is 70.0 Å². The van der Waals surface area contributed by atoms with Gasteiger partial charge in [0.15, 0.2) is 0 Å². The maximum Gasteiger partial charge on any atom is 0.0416 e. The first-order valence-corrected chi connectivity index (χ1v) is 14.7. The quantitative estimate of drug-likeness (QED) is 0.228. The first-order chi connectivity index (χ1) is 16.8. The molecule has 0 saturated heterocycles. The molecule has 2 aliphatic rings. The first kappa shape index (κ1) is 28.1.